The van der Waals surface area contributed by atoms with Crippen molar-refractivity contribution in [1.29, 1.82) is 0 Å². The van der Waals surface area contributed by atoms with Gasteiger partial charge in [0.2, 0.25) is 0 Å². The molecule has 10 heteroatoms. The van der Waals surface area contributed by atoms with Crippen LogP contribution in [0.5, 0.6) is 0 Å². The molecular weight excluding hydrogens is 417 g/mol. The van der Waals surface area contributed by atoms with Gasteiger partial charge in [0.15, 0.2) is 0 Å². The number of amides is 1. The summed E-state index contributed by atoms with van der Waals surface area (Å²) >= 11 is 13.2. The molecular formula is C16H15Cl2N3O3S2. The van der Waals surface area contributed by atoms with Gasteiger partial charge in [-0.25, -0.2) is 8.42 Å². The average Bonchev–Trinajstić information content (AvgIpc) is 3.14. The minimum absolute atomic E-state index is 0.0564. The Kier molecular flexibility index (Phi) is 4.96. The Morgan fingerprint density at radius 1 is 1.23 bits per heavy atom. The van der Waals surface area contributed by atoms with Crippen LogP contribution in [-0.2, 0) is 10.0 Å². The molecule has 0 spiro atoms. The van der Waals surface area contributed by atoms with Crippen LogP contribution in [0.4, 0.5) is 5.69 Å². The average molecular weight is 432 g/mol. The molecule has 0 saturated carbocycles. The Bertz CT molecular complexity index is 1120. The summed E-state index contributed by atoms with van der Waals surface area (Å²) in [5, 5.41) is 1.36. The van der Waals surface area contributed by atoms with Gasteiger partial charge in [-0.2, -0.15) is 0 Å². The minimum atomic E-state index is -3.88. The quantitative estimate of drug-likeness (QED) is 0.643. The number of aromatic amines is 1. The maximum absolute atomic E-state index is 12.8. The molecule has 0 aliphatic carbocycles. The highest BCUT2D eigenvalue weighted by atomic mass is 35.5. The zero-order valence-electron chi connectivity index (χ0n) is 14.1. The van der Waals surface area contributed by atoms with Crippen LogP contribution in [-0.4, -0.2) is 38.3 Å². The molecule has 0 aliphatic rings. The van der Waals surface area contributed by atoms with Crippen LogP contribution in [0, 0.1) is 6.92 Å². The van der Waals surface area contributed by atoms with Crippen LogP contribution < -0.4 is 4.72 Å². The number of rotatable bonds is 4. The van der Waals surface area contributed by atoms with E-state index in [0.717, 1.165) is 11.3 Å². The number of aryl methyl sites for hydroxylation is 1. The number of carbonyl (C=O) groups is 1. The molecule has 1 aromatic carbocycles. The molecule has 0 radical (unpaired) electrons. The number of sulfonamides is 1. The summed E-state index contributed by atoms with van der Waals surface area (Å²) in [6.45, 7) is 1.71. The van der Waals surface area contributed by atoms with Crippen molar-refractivity contribution in [2.45, 2.75) is 11.1 Å². The standard InChI is InChI=1S/C16H15Cl2N3O3S2/c1-8-6-12(25-15(8)16(22)21(2)3)26(23,24)20-11-5-4-9(17)13-10(18)7-19-14(11)13/h4-7,19-20H,1-3H3. The second kappa shape index (κ2) is 6.77. The molecule has 0 unspecified atom stereocenters. The van der Waals surface area contributed by atoms with E-state index >= 15 is 0 Å². The van der Waals surface area contributed by atoms with Gasteiger partial charge >= 0.3 is 0 Å². The molecule has 0 saturated heterocycles. The minimum Gasteiger partial charge on any atom is -0.358 e. The van der Waals surface area contributed by atoms with E-state index in [9.17, 15) is 13.2 Å². The van der Waals surface area contributed by atoms with Gasteiger partial charge in [-0.3, -0.25) is 9.52 Å². The zero-order chi connectivity index (χ0) is 19.2. The van der Waals surface area contributed by atoms with Crippen molar-refractivity contribution in [1.82, 2.24) is 9.88 Å². The number of H-pyrrole nitrogens is 1. The third-order valence-electron chi connectivity index (χ3n) is 3.74. The fourth-order valence-corrected chi connectivity index (χ4v) is 5.64. The van der Waals surface area contributed by atoms with Crippen molar-refractivity contribution in [3.8, 4) is 0 Å². The molecule has 2 heterocycles. The van der Waals surface area contributed by atoms with E-state index in [1.54, 1.807) is 39.3 Å². The monoisotopic (exact) mass is 431 g/mol. The molecule has 0 atom stereocenters. The first kappa shape index (κ1) is 19.0. The van der Waals surface area contributed by atoms with Crippen LogP contribution in [0.15, 0.2) is 28.6 Å². The van der Waals surface area contributed by atoms with Crippen molar-refractivity contribution < 1.29 is 13.2 Å². The first-order valence-corrected chi connectivity index (χ1v) is 10.5. The summed E-state index contributed by atoms with van der Waals surface area (Å²) in [6, 6.07) is 4.61. The molecule has 0 fully saturated rings. The van der Waals surface area contributed by atoms with Gasteiger partial charge in [0.1, 0.15) is 4.21 Å². The van der Waals surface area contributed by atoms with Gasteiger partial charge in [0, 0.05) is 25.7 Å². The summed E-state index contributed by atoms with van der Waals surface area (Å²) < 4.78 is 28.2. The van der Waals surface area contributed by atoms with Gasteiger partial charge in [0.25, 0.3) is 15.9 Å². The van der Waals surface area contributed by atoms with E-state index in [-0.39, 0.29) is 10.1 Å². The zero-order valence-corrected chi connectivity index (χ0v) is 17.2. The van der Waals surface area contributed by atoms with Crippen LogP contribution in [0.3, 0.4) is 0 Å². The van der Waals surface area contributed by atoms with Crippen molar-refractivity contribution in [2.75, 3.05) is 18.8 Å². The summed E-state index contributed by atoms with van der Waals surface area (Å²) in [4.78, 5) is 16.9. The lowest BCUT2D eigenvalue weighted by molar-refractivity contribution is 0.0831. The second-order valence-corrected chi connectivity index (χ2v) is 9.64. The molecule has 26 heavy (non-hydrogen) atoms. The second-order valence-electron chi connectivity index (χ2n) is 5.86. The summed E-state index contributed by atoms with van der Waals surface area (Å²) in [6.07, 6.45) is 1.54. The highest BCUT2D eigenvalue weighted by molar-refractivity contribution is 7.94. The van der Waals surface area contributed by atoms with E-state index in [4.69, 9.17) is 23.2 Å². The van der Waals surface area contributed by atoms with Crippen LogP contribution in [0.2, 0.25) is 10.0 Å². The lowest BCUT2D eigenvalue weighted by Crippen LogP contribution is -2.21. The fraction of sp³-hybridized carbons (Fsp3) is 0.188. The Labute approximate surface area is 164 Å². The number of nitrogens with zero attached hydrogens (tertiary/aromatic N) is 1. The first-order chi connectivity index (χ1) is 12.1. The number of fused-ring (bicyclic) bond motifs is 1. The number of aromatic nitrogens is 1. The largest absolute Gasteiger partial charge is 0.358 e. The number of benzene rings is 1. The summed E-state index contributed by atoms with van der Waals surface area (Å²) in [7, 11) is -0.641. The molecule has 138 valence electrons. The molecule has 6 nitrogen and oxygen atoms in total. The first-order valence-electron chi connectivity index (χ1n) is 7.42. The number of nitrogens with one attached hydrogen (secondary N) is 2. The molecule has 2 N–H and O–H groups in total. The normalized spacial score (nSPS) is 11.7. The Morgan fingerprint density at radius 2 is 1.92 bits per heavy atom. The van der Waals surface area contributed by atoms with Crippen LogP contribution in [0.1, 0.15) is 15.2 Å². The van der Waals surface area contributed by atoms with Gasteiger partial charge in [-0.1, -0.05) is 23.2 Å². The maximum atomic E-state index is 12.8. The molecule has 0 aliphatic heterocycles. The predicted molar refractivity (Wildman–Crippen MR) is 106 cm³/mol. The van der Waals surface area contributed by atoms with Gasteiger partial charge in [-0.15, -0.1) is 11.3 Å². The number of carbonyl (C=O) groups excluding carboxylic acids is 1. The number of halogens is 2. The Morgan fingerprint density at radius 3 is 2.58 bits per heavy atom. The third-order valence-corrected chi connectivity index (χ3v) is 7.42. The van der Waals surface area contributed by atoms with Crippen molar-refractivity contribution >= 4 is 67.1 Å². The van der Waals surface area contributed by atoms with E-state index in [0.29, 0.717) is 37.1 Å². The highest BCUT2D eigenvalue weighted by Crippen LogP contribution is 2.36. The van der Waals surface area contributed by atoms with E-state index in [2.05, 4.69) is 9.71 Å². The van der Waals surface area contributed by atoms with Gasteiger partial charge in [-0.05, 0) is 30.7 Å². The number of anilines is 1. The molecule has 0 bridgehead atoms. The molecule has 2 aromatic heterocycles. The molecule has 1 amide bonds. The molecule has 3 aromatic rings. The van der Waals surface area contributed by atoms with E-state index in [1.807, 2.05) is 0 Å². The van der Waals surface area contributed by atoms with Crippen molar-refractivity contribution in [2.24, 2.45) is 0 Å². The lowest BCUT2D eigenvalue weighted by Gasteiger charge is -2.09. The third kappa shape index (κ3) is 3.29. The lowest BCUT2D eigenvalue weighted by atomic mass is 10.2. The summed E-state index contributed by atoms with van der Waals surface area (Å²) in [5.74, 6) is -0.237. The highest BCUT2D eigenvalue weighted by Gasteiger charge is 2.24. The number of hydrogen-bond acceptors (Lipinski definition) is 4. The Balaban J connectivity index is 2.02. The Hall–Kier alpha value is -1.74. The molecule has 3 rings (SSSR count). The van der Waals surface area contributed by atoms with Gasteiger partial charge < -0.3 is 9.88 Å². The smallest absolute Gasteiger partial charge is 0.271 e. The van der Waals surface area contributed by atoms with Crippen LogP contribution in [0.25, 0.3) is 10.9 Å². The maximum Gasteiger partial charge on any atom is 0.271 e. The van der Waals surface area contributed by atoms with Crippen molar-refractivity contribution in [3.05, 3.63) is 44.9 Å². The van der Waals surface area contributed by atoms with Crippen molar-refractivity contribution in [3.63, 3.8) is 0 Å². The van der Waals surface area contributed by atoms with Gasteiger partial charge in [0.05, 0.1) is 26.1 Å². The van der Waals surface area contributed by atoms with E-state index < -0.39 is 10.0 Å². The fourth-order valence-electron chi connectivity index (χ4n) is 2.45. The van der Waals surface area contributed by atoms with E-state index in [1.165, 1.54) is 11.0 Å². The topological polar surface area (TPSA) is 82.3 Å². The number of hydrogen-bond donors (Lipinski definition) is 2. The predicted octanol–water partition coefficient (Wildman–Crippen LogP) is 4.35. The van der Waals surface area contributed by atoms with Crippen LogP contribution >= 0.6 is 34.5 Å². The SMILES string of the molecule is Cc1cc(S(=O)(=O)Nc2ccc(Cl)c3c(Cl)c[nH]c23)sc1C(=O)N(C)C. The number of thiophene rings is 1. The summed E-state index contributed by atoms with van der Waals surface area (Å²) in [5.41, 5.74) is 1.42.